The van der Waals surface area contributed by atoms with E-state index in [1.807, 2.05) is 19.2 Å². The molecule has 8 heteroatoms. The molecule has 0 amide bonds. The lowest BCUT2D eigenvalue weighted by atomic mass is 10.1. The minimum absolute atomic E-state index is 0.290. The maximum Gasteiger partial charge on any atom is 0.134 e. The van der Waals surface area contributed by atoms with Gasteiger partial charge in [0.25, 0.3) is 0 Å². The van der Waals surface area contributed by atoms with Gasteiger partial charge in [-0.15, -0.1) is 0 Å². The van der Waals surface area contributed by atoms with Gasteiger partial charge in [0.05, 0.1) is 66.8 Å². The van der Waals surface area contributed by atoms with E-state index in [-0.39, 0.29) is 5.82 Å². The summed E-state index contributed by atoms with van der Waals surface area (Å²) in [7, 11) is 0. The Labute approximate surface area is 180 Å². The molecule has 4 heterocycles. The first-order valence-electron chi connectivity index (χ1n) is 10.7. The second-order valence-corrected chi connectivity index (χ2v) is 7.83. The van der Waals surface area contributed by atoms with Crippen molar-refractivity contribution in [1.82, 2.24) is 9.97 Å². The number of hydrogen-bond acceptors (Lipinski definition) is 7. The zero-order valence-electron chi connectivity index (χ0n) is 17.6. The number of hydrogen-bond donors (Lipinski definition) is 1. The van der Waals surface area contributed by atoms with Gasteiger partial charge < -0.3 is 24.6 Å². The number of aromatic nitrogens is 2. The third-order valence-corrected chi connectivity index (χ3v) is 5.86. The van der Waals surface area contributed by atoms with Crippen molar-refractivity contribution < 1.29 is 13.9 Å². The summed E-state index contributed by atoms with van der Waals surface area (Å²) in [4.78, 5) is 13.7. The summed E-state index contributed by atoms with van der Waals surface area (Å²) < 4.78 is 25.9. The number of rotatable bonds is 4. The second kappa shape index (κ2) is 8.64. The maximum absolute atomic E-state index is 14.9. The third-order valence-electron chi connectivity index (χ3n) is 5.86. The van der Waals surface area contributed by atoms with Crippen LogP contribution in [0.4, 0.5) is 27.3 Å². The Morgan fingerprint density at radius 3 is 2.42 bits per heavy atom. The molecular weight excluding hydrogens is 397 g/mol. The van der Waals surface area contributed by atoms with Gasteiger partial charge >= 0.3 is 0 Å². The smallest absolute Gasteiger partial charge is 0.134 e. The van der Waals surface area contributed by atoms with Gasteiger partial charge in [0, 0.05) is 31.7 Å². The predicted octanol–water partition coefficient (Wildman–Crippen LogP) is 3.49. The van der Waals surface area contributed by atoms with Crippen LogP contribution in [-0.4, -0.2) is 62.6 Å². The van der Waals surface area contributed by atoms with E-state index in [2.05, 4.69) is 26.2 Å². The van der Waals surface area contributed by atoms with Gasteiger partial charge in [0.1, 0.15) is 11.6 Å². The van der Waals surface area contributed by atoms with E-state index in [0.29, 0.717) is 37.3 Å². The van der Waals surface area contributed by atoms with Crippen LogP contribution < -0.4 is 15.1 Å². The minimum Gasteiger partial charge on any atom is -0.378 e. The van der Waals surface area contributed by atoms with Gasteiger partial charge in [0.2, 0.25) is 0 Å². The zero-order chi connectivity index (χ0) is 21.2. The van der Waals surface area contributed by atoms with E-state index in [1.54, 1.807) is 12.3 Å². The van der Waals surface area contributed by atoms with E-state index in [0.717, 1.165) is 54.6 Å². The summed E-state index contributed by atoms with van der Waals surface area (Å²) in [5.41, 5.74) is 4.11. The Hall–Kier alpha value is -2.97. The highest BCUT2D eigenvalue weighted by atomic mass is 19.1. The van der Waals surface area contributed by atoms with Crippen LogP contribution in [0.25, 0.3) is 10.9 Å². The Kier molecular flexibility index (Phi) is 5.57. The van der Waals surface area contributed by atoms with E-state index in [1.165, 1.54) is 6.07 Å². The van der Waals surface area contributed by atoms with Crippen LogP contribution in [0.2, 0.25) is 0 Å². The van der Waals surface area contributed by atoms with Crippen LogP contribution >= 0.6 is 0 Å². The normalized spacial score (nSPS) is 17.2. The summed E-state index contributed by atoms with van der Waals surface area (Å²) >= 11 is 0. The number of nitrogens with one attached hydrogen (secondary N) is 1. The molecule has 2 saturated heterocycles. The number of anilines is 4. The number of benzene rings is 1. The molecular formula is C23H26FN5O2. The van der Waals surface area contributed by atoms with E-state index >= 15 is 0 Å². The topological polar surface area (TPSA) is 62.8 Å². The Balaban J connectivity index is 1.56. The summed E-state index contributed by atoms with van der Waals surface area (Å²) in [6.07, 6.45) is 3.62. The maximum atomic E-state index is 14.9. The SMILES string of the molecule is Cc1c(N2CCOCC2)nc2cccc(F)c2c1Nc1cncc(N2CCOCC2)c1. The van der Waals surface area contributed by atoms with Gasteiger partial charge in [-0.3, -0.25) is 4.98 Å². The van der Waals surface area contributed by atoms with Crippen molar-refractivity contribution in [2.45, 2.75) is 6.92 Å². The number of nitrogens with zero attached hydrogens (tertiary/aromatic N) is 4. The first kappa shape index (κ1) is 20.0. The minimum atomic E-state index is -0.290. The average Bonchev–Trinajstić information content (AvgIpc) is 2.82. The van der Waals surface area contributed by atoms with Gasteiger partial charge in [0.15, 0.2) is 0 Å². The van der Waals surface area contributed by atoms with Crippen molar-refractivity contribution in [3.05, 3.63) is 48.0 Å². The van der Waals surface area contributed by atoms with Crippen molar-refractivity contribution in [2.24, 2.45) is 0 Å². The van der Waals surface area contributed by atoms with Gasteiger partial charge in [-0.1, -0.05) is 6.07 Å². The van der Waals surface area contributed by atoms with E-state index in [9.17, 15) is 4.39 Å². The molecule has 2 aliphatic heterocycles. The van der Waals surface area contributed by atoms with Crippen molar-refractivity contribution in [2.75, 3.05) is 67.7 Å². The molecule has 0 unspecified atom stereocenters. The molecule has 5 rings (SSSR count). The fourth-order valence-electron chi connectivity index (χ4n) is 4.22. The van der Waals surface area contributed by atoms with Gasteiger partial charge in [-0.2, -0.15) is 0 Å². The van der Waals surface area contributed by atoms with Crippen LogP contribution in [0.5, 0.6) is 0 Å². The molecule has 1 N–H and O–H groups in total. The summed E-state index contributed by atoms with van der Waals surface area (Å²) in [6, 6.07) is 7.09. The Morgan fingerprint density at radius 1 is 0.968 bits per heavy atom. The van der Waals surface area contributed by atoms with Crippen molar-refractivity contribution in [3.63, 3.8) is 0 Å². The molecule has 3 aromatic rings. The molecule has 0 spiro atoms. The molecule has 162 valence electrons. The molecule has 7 nitrogen and oxygen atoms in total. The lowest BCUT2D eigenvalue weighted by Gasteiger charge is -2.30. The average molecular weight is 423 g/mol. The summed E-state index contributed by atoms with van der Waals surface area (Å²) in [5, 5.41) is 3.95. The number of pyridine rings is 2. The van der Waals surface area contributed by atoms with Crippen molar-refractivity contribution >= 4 is 33.8 Å². The molecule has 0 bridgehead atoms. The molecule has 0 radical (unpaired) electrons. The van der Waals surface area contributed by atoms with Gasteiger partial charge in [-0.05, 0) is 25.1 Å². The van der Waals surface area contributed by atoms with Crippen LogP contribution in [0.3, 0.4) is 0 Å². The molecule has 0 aliphatic carbocycles. The Morgan fingerprint density at radius 2 is 1.68 bits per heavy atom. The summed E-state index contributed by atoms with van der Waals surface area (Å²) in [5.74, 6) is 0.572. The quantitative estimate of drug-likeness (QED) is 0.689. The second-order valence-electron chi connectivity index (χ2n) is 7.83. The first-order valence-corrected chi connectivity index (χ1v) is 10.7. The highest BCUT2D eigenvalue weighted by molar-refractivity contribution is 5.97. The van der Waals surface area contributed by atoms with Crippen molar-refractivity contribution in [1.29, 1.82) is 0 Å². The monoisotopic (exact) mass is 423 g/mol. The standard InChI is InChI=1S/C23H26FN5O2/c1-16-22(26-17-13-18(15-25-14-17)28-5-9-30-10-6-28)21-19(24)3-2-4-20(21)27-23(16)29-7-11-31-12-8-29/h2-4,13-15H,5-12H2,1H3,(H,26,27). The molecule has 0 atom stereocenters. The molecule has 2 aliphatic rings. The third kappa shape index (κ3) is 4.00. The zero-order valence-corrected chi connectivity index (χ0v) is 17.6. The lowest BCUT2D eigenvalue weighted by Crippen LogP contribution is -2.37. The highest BCUT2D eigenvalue weighted by Gasteiger charge is 2.21. The van der Waals surface area contributed by atoms with Crippen LogP contribution in [0.1, 0.15) is 5.56 Å². The van der Waals surface area contributed by atoms with Crippen LogP contribution in [0.15, 0.2) is 36.7 Å². The fraction of sp³-hybridized carbons (Fsp3) is 0.391. The van der Waals surface area contributed by atoms with Gasteiger partial charge in [-0.25, -0.2) is 9.37 Å². The molecule has 2 fully saturated rings. The summed E-state index contributed by atoms with van der Waals surface area (Å²) in [6.45, 7) is 7.93. The number of ether oxygens (including phenoxy) is 2. The molecule has 0 saturated carbocycles. The highest BCUT2D eigenvalue weighted by Crippen LogP contribution is 2.36. The number of morpholine rings is 2. The van der Waals surface area contributed by atoms with E-state index in [4.69, 9.17) is 14.5 Å². The predicted molar refractivity (Wildman–Crippen MR) is 120 cm³/mol. The molecule has 31 heavy (non-hydrogen) atoms. The number of halogens is 1. The molecule has 1 aromatic carbocycles. The Bertz CT molecular complexity index is 1080. The largest absolute Gasteiger partial charge is 0.378 e. The van der Waals surface area contributed by atoms with E-state index < -0.39 is 0 Å². The van der Waals surface area contributed by atoms with Crippen LogP contribution in [-0.2, 0) is 9.47 Å². The lowest BCUT2D eigenvalue weighted by molar-refractivity contribution is 0.122. The van der Waals surface area contributed by atoms with Crippen LogP contribution in [0, 0.1) is 12.7 Å². The first-order chi connectivity index (χ1) is 15.2. The molecule has 2 aromatic heterocycles. The van der Waals surface area contributed by atoms with Crippen molar-refractivity contribution in [3.8, 4) is 0 Å². The number of fused-ring (bicyclic) bond motifs is 1. The fourth-order valence-corrected chi connectivity index (χ4v) is 4.22.